The van der Waals surface area contributed by atoms with Crippen LogP contribution in [0.25, 0.3) is 0 Å². The molecule has 0 unspecified atom stereocenters. The number of para-hydroxylation sites is 1. The molecule has 3 N–H and O–H groups in total. The summed E-state index contributed by atoms with van der Waals surface area (Å²) in [5.41, 5.74) is 0.810. The van der Waals surface area contributed by atoms with Gasteiger partial charge in [-0.25, -0.2) is 18.4 Å². The van der Waals surface area contributed by atoms with E-state index in [-0.39, 0.29) is 17.5 Å². The quantitative estimate of drug-likeness (QED) is 0.840. The monoisotopic (exact) mass is 389 g/mol. The number of nitrogens with one attached hydrogen (secondary N) is 1. The van der Waals surface area contributed by atoms with Crippen molar-refractivity contribution in [3.63, 3.8) is 0 Å². The van der Waals surface area contributed by atoms with E-state index in [4.69, 9.17) is 9.88 Å². The van der Waals surface area contributed by atoms with Crippen LogP contribution in [0.3, 0.4) is 0 Å². The van der Waals surface area contributed by atoms with Gasteiger partial charge in [0.2, 0.25) is 10.0 Å². The first-order valence-corrected chi connectivity index (χ1v) is 10.1. The normalized spacial score (nSPS) is 16.0. The van der Waals surface area contributed by atoms with Gasteiger partial charge >= 0.3 is 6.03 Å². The van der Waals surface area contributed by atoms with Crippen molar-refractivity contribution in [2.24, 2.45) is 5.14 Å². The lowest BCUT2D eigenvalue weighted by Gasteiger charge is -2.29. The zero-order valence-corrected chi connectivity index (χ0v) is 16.1. The van der Waals surface area contributed by atoms with Gasteiger partial charge in [0.15, 0.2) is 0 Å². The molecule has 0 saturated carbocycles. The number of nitrogens with two attached hydrogens (primary N) is 1. The molecule has 7 nitrogen and oxygen atoms in total. The van der Waals surface area contributed by atoms with Crippen molar-refractivity contribution in [1.29, 1.82) is 0 Å². The zero-order chi connectivity index (χ0) is 19.7. The Balaban J connectivity index is 1.77. The zero-order valence-electron chi connectivity index (χ0n) is 15.3. The first-order valence-electron chi connectivity index (χ1n) is 8.56. The number of nitrogens with zero attached hydrogens (tertiary/aromatic N) is 1. The molecule has 0 aliphatic carbocycles. The second kappa shape index (κ2) is 7.21. The van der Waals surface area contributed by atoms with Gasteiger partial charge in [0.05, 0.1) is 18.0 Å². The number of rotatable bonds is 3. The lowest BCUT2D eigenvalue weighted by Crippen LogP contribution is -2.47. The summed E-state index contributed by atoms with van der Waals surface area (Å²) in [6.07, 6.45) is 0. The highest BCUT2D eigenvalue weighted by Crippen LogP contribution is 2.29. The number of hydrogen-bond acceptors (Lipinski definition) is 4. The fourth-order valence-electron chi connectivity index (χ4n) is 3.14. The minimum atomic E-state index is -3.86. The van der Waals surface area contributed by atoms with E-state index in [0.29, 0.717) is 18.7 Å². The molecule has 1 heterocycles. The van der Waals surface area contributed by atoms with Crippen LogP contribution in [0.15, 0.2) is 53.4 Å². The van der Waals surface area contributed by atoms with Crippen LogP contribution in [-0.4, -0.2) is 31.5 Å². The van der Waals surface area contributed by atoms with Gasteiger partial charge < -0.3 is 15.0 Å². The smallest absolute Gasteiger partial charge is 0.318 e. The summed E-state index contributed by atoms with van der Waals surface area (Å²) in [7, 11) is -3.86. The largest absolute Gasteiger partial charge is 0.486 e. The number of carbonyl (C=O) groups is 1. The van der Waals surface area contributed by atoms with Crippen molar-refractivity contribution in [2.45, 2.75) is 37.4 Å². The van der Waals surface area contributed by atoms with E-state index in [1.165, 1.54) is 6.07 Å². The van der Waals surface area contributed by atoms with Crippen molar-refractivity contribution in [2.75, 3.05) is 6.54 Å². The predicted octanol–water partition coefficient (Wildman–Crippen LogP) is 2.22. The van der Waals surface area contributed by atoms with Gasteiger partial charge in [-0.05, 0) is 31.5 Å². The lowest BCUT2D eigenvalue weighted by atomic mass is 10.1. The van der Waals surface area contributed by atoms with Crippen LogP contribution < -0.4 is 15.2 Å². The van der Waals surface area contributed by atoms with Crippen LogP contribution in [0, 0.1) is 0 Å². The van der Waals surface area contributed by atoms with Crippen molar-refractivity contribution >= 4 is 16.1 Å². The van der Waals surface area contributed by atoms with Gasteiger partial charge in [-0.1, -0.05) is 36.4 Å². The van der Waals surface area contributed by atoms with Gasteiger partial charge in [-0.15, -0.1) is 0 Å². The van der Waals surface area contributed by atoms with Crippen molar-refractivity contribution in [3.05, 3.63) is 59.7 Å². The Kier molecular flexibility index (Phi) is 5.12. The summed E-state index contributed by atoms with van der Waals surface area (Å²) in [5.74, 6) is 0.761. The standard InChI is InChI=1S/C19H23N3O4S/c1-19(2)13-22(12-15-8-3-5-9-16(15)26-19)18(23)21-11-14-7-4-6-10-17(14)27(20,24)25/h3-10H,11-13H2,1-2H3,(H,21,23)(H2,20,24,25). The molecular formula is C19H23N3O4S. The third-order valence-electron chi connectivity index (χ3n) is 4.29. The van der Waals surface area contributed by atoms with Gasteiger partial charge in [0.25, 0.3) is 0 Å². The maximum atomic E-state index is 12.8. The summed E-state index contributed by atoms with van der Waals surface area (Å²) in [5, 5.41) is 8.04. The van der Waals surface area contributed by atoms with Gasteiger partial charge in [0.1, 0.15) is 11.4 Å². The number of sulfonamides is 1. The van der Waals surface area contributed by atoms with Crippen LogP contribution in [0.4, 0.5) is 4.79 Å². The Morgan fingerprint density at radius 3 is 2.59 bits per heavy atom. The minimum absolute atomic E-state index is 0.00942. The fraction of sp³-hybridized carbons (Fsp3) is 0.316. The molecule has 2 aromatic carbocycles. The Hall–Kier alpha value is -2.58. The summed E-state index contributed by atoms with van der Waals surface area (Å²) in [4.78, 5) is 14.4. The van der Waals surface area contributed by atoms with Crippen molar-refractivity contribution in [3.8, 4) is 5.75 Å². The summed E-state index contributed by atoms with van der Waals surface area (Å²) in [6.45, 7) is 4.70. The first kappa shape index (κ1) is 19.2. The number of carbonyl (C=O) groups excluding carboxylic acids is 1. The van der Waals surface area contributed by atoms with Crippen LogP contribution in [-0.2, 0) is 23.1 Å². The average molecular weight is 389 g/mol. The van der Waals surface area contributed by atoms with E-state index in [1.54, 1.807) is 23.1 Å². The molecule has 1 aliphatic rings. The first-order chi connectivity index (χ1) is 12.7. The fourth-order valence-corrected chi connectivity index (χ4v) is 3.91. The summed E-state index contributed by atoms with van der Waals surface area (Å²) < 4.78 is 29.4. The molecular weight excluding hydrogens is 366 g/mol. The molecule has 1 aliphatic heterocycles. The molecule has 144 valence electrons. The second-order valence-electron chi connectivity index (χ2n) is 7.14. The second-order valence-corrected chi connectivity index (χ2v) is 8.67. The molecule has 2 amide bonds. The number of hydrogen-bond donors (Lipinski definition) is 2. The number of benzene rings is 2. The highest BCUT2D eigenvalue weighted by Gasteiger charge is 2.31. The van der Waals surface area contributed by atoms with Gasteiger partial charge in [-0.2, -0.15) is 0 Å². The van der Waals surface area contributed by atoms with Crippen LogP contribution >= 0.6 is 0 Å². The maximum absolute atomic E-state index is 12.8. The molecule has 3 rings (SSSR count). The Labute approximate surface area is 159 Å². The van der Waals surface area contributed by atoms with E-state index in [2.05, 4.69) is 5.32 Å². The Morgan fingerprint density at radius 2 is 1.85 bits per heavy atom. The van der Waals surface area contributed by atoms with Crippen LogP contribution in [0.5, 0.6) is 5.75 Å². The van der Waals surface area contributed by atoms with Crippen molar-refractivity contribution < 1.29 is 17.9 Å². The van der Waals surface area contributed by atoms with Gasteiger partial charge in [0, 0.05) is 12.1 Å². The molecule has 2 aromatic rings. The number of amides is 2. The summed E-state index contributed by atoms with van der Waals surface area (Å²) >= 11 is 0. The molecule has 8 heteroatoms. The van der Waals surface area contributed by atoms with E-state index < -0.39 is 15.6 Å². The van der Waals surface area contributed by atoms with Crippen molar-refractivity contribution in [1.82, 2.24) is 10.2 Å². The average Bonchev–Trinajstić information content (AvgIpc) is 2.73. The minimum Gasteiger partial charge on any atom is -0.486 e. The molecule has 0 aromatic heterocycles. The van der Waals surface area contributed by atoms with E-state index in [1.807, 2.05) is 38.1 Å². The molecule has 0 saturated heterocycles. The number of fused-ring (bicyclic) bond motifs is 1. The summed E-state index contributed by atoms with van der Waals surface area (Å²) in [6, 6.07) is 13.7. The van der Waals surface area contributed by atoms with E-state index in [0.717, 1.165) is 11.3 Å². The van der Waals surface area contributed by atoms with Crippen LogP contribution in [0.1, 0.15) is 25.0 Å². The third kappa shape index (κ3) is 4.58. The number of urea groups is 1. The highest BCUT2D eigenvalue weighted by atomic mass is 32.2. The number of ether oxygens (including phenoxy) is 1. The Morgan fingerprint density at radius 1 is 1.19 bits per heavy atom. The lowest BCUT2D eigenvalue weighted by molar-refractivity contribution is 0.0806. The molecule has 0 fully saturated rings. The van der Waals surface area contributed by atoms with Crippen LogP contribution in [0.2, 0.25) is 0 Å². The SMILES string of the molecule is CC1(C)CN(C(=O)NCc2ccccc2S(N)(=O)=O)Cc2ccccc2O1. The number of primary sulfonamides is 1. The molecule has 0 bridgehead atoms. The maximum Gasteiger partial charge on any atom is 0.318 e. The van der Waals surface area contributed by atoms with E-state index in [9.17, 15) is 13.2 Å². The highest BCUT2D eigenvalue weighted by molar-refractivity contribution is 7.89. The molecule has 27 heavy (non-hydrogen) atoms. The van der Waals surface area contributed by atoms with E-state index >= 15 is 0 Å². The predicted molar refractivity (Wildman–Crippen MR) is 102 cm³/mol. The molecule has 0 radical (unpaired) electrons. The topological polar surface area (TPSA) is 102 Å². The third-order valence-corrected chi connectivity index (χ3v) is 5.30. The molecule has 0 spiro atoms. The van der Waals surface area contributed by atoms with Gasteiger partial charge in [-0.3, -0.25) is 0 Å². The Bertz CT molecular complexity index is 957. The molecule has 0 atom stereocenters.